The van der Waals surface area contributed by atoms with Crippen molar-refractivity contribution in [3.63, 3.8) is 0 Å². The molecule has 90 valence electrons. The van der Waals surface area contributed by atoms with Crippen LogP contribution in [0.5, 0.6) is 0 Å². The highest BCUT2D eigenvalue weighted by Crippen LogP contribution is 2.30. The van der Waals surface area contributed by atoms with E-state index in [4.69, 9.17) is 8.85 Å². The lowest BCUT2D eigenvalue weighted by Crippen LogP contribution is -2.44. The van der Waals surface area contributed by atoms with Crippen LogP contribution in [0.1, 0.15) is 46.0 Å². The van der Waals surface area contributed by atoms with Gasteiger partial charge in [0.15, 0.2) is 0 Å². The van der Waals surface area contributed by atoms with Crippen molar-refractivity contribution >= 4 is 8.80 Å². The van der Waals surface area contributed by atoms with Crippen molar-refractivity contribution in [1.82, 2.24) is 0 Å². The van der Waals surface area contributed by atoms with Crippen molar-refractivity contribution in [2.45, 2.75) is 52.0 Å². The highest BCUT2D eigenvalue weighted by atomic mass is 28.4. The van der Waals surface area contributed by atoms with Gasteiger partial charge in [0, 0.05) is 19.3 Å². The highest BCUT2D eigenvalue weighted by Gasteiger charge is 2.39. The summed E-state index contributed by atoms with van der Waals surface area (Å²) in [6.45, 7) is 4.93. The smallest absolute Gasteiger partial charge is 0.390 e. The molecule has 15 heavy (non-hydrogen) atoms. The summed E-state index contributed by atoms with van der Waals surface area (Å²) in [4.78, 5) is 10.3. The molecule has 1 N–H and O–H groups in total. The Morgan fingerprint density at radius 2 is 1.60 bits per heavy atom. The SMILES string of the molecule is CCO[Si](O)(CC1CCCCC1)OCC. The third kappa shape index (κ3) is 4.63. The average Bonchev–Trinajstić information content (AvgIpc) is 2.19. The first-order valence-electron chi connectivity index (χ1n) is 6.20. The predicted octanol–water partition coefficient (Wildman–Crippen LogP) is 2.57. The second kappa shape index (κ2) is 6.63. The third-order valence-corrected chi connectivity index (χ3v) is 5.58. The van der Waals surface area contributed by atoms with E-state index >= 15 is 0 Å². The van der Waals surface area contributed by atoms with Crippen molar-refractivity contribution in [2.24, 2.45) is 5.92 Å². The molecule has 0 spiro atoms. The summed E-state index contributed by atoms with van der Waals surface area (Å²) in [5.74, 6) is 0.619. The van der Waals surface area contributed by atoms with Crippen LogP contribution in [0.25, 0.3) is 0 Å². The van der Waals surface area contributed by atoms with Crippen LogP contribution in [0.15, 0.2) is 0 Å². The Hall–Kier alpha value is 0.0969. The summed E-state index contributed by atoms with van der Waals surface area (Å²) < 4.78 is 10.9. The number of hydrogen-bond acceptors (Lipinski definition) is 3. The van der Waals surface area contributed by atoms with Gasteiger partial charge in [-0.3, -0.25) is 0 Å². The normalized spacial score (nSPS) is 19.4. The van der Waals surface area contributed by atoms with E-state index in [1.54, 1.807) is 0 Å². The summed E-state index contributed by atoms with van der Waals surface area (Å²) in [5, 5.41) is 0. The summed E-state index contributed by atoms with van der Waals surface area (Å²) in [7, 11) is -2.84. The monoisotopic (exact) mass is 232 g/mol. The summed E-state index contributed by atoms with van der Waals surface area (Å²) in [6, 6.07) is 0.759. The first-order valence-corrected chi connectivity index (χ1v) is 8.17. The van der Waals surface area contributed by atoms with Crippen LogP contribution >= 0.6 is 0 Å². The van der Waals surface area contributed by atoms with Gasteiger partial charge in [0.25, 0.3) is 0 Å². The van der Waals surface area contributed by atoms with Crippen LogP contribution in [-0.4, -0.2) is 26.8 Å². The van der Waals surface area contributed by atoms with Crippen LogP contribution in [0.4, 0.5) is 0 Å². The minimum Gasteiger partial charge on any atom is -0.390 e. The molecule has 1 aliphatic carbocycles. The van der Waals surface area contributed by atoms with Gasteiger partial charge >= 0.3 is 8.80 Å². The second-order valence-corrected chi connectivity index (χ2v) is 6.70. The maximum Gasteiger partial charge on any atom is 0.498 e. The summed E-state index contributed by atoms with van der Waals surface area (Å²) >= 11 is 0. The van der Waals surface area contributed by atoms with Gasteiger partial charge in [-0.15, -0.1) is 0 Å². The molecule has 0 saturated heterocycles. The topological polar surface area (TPSA) is 38.7 Å². The van der Waals surface area contributed by atoms with Crippen molar-refractivity contribution in [3.05, 3.63) is 0 Å². The largest absolute Gasteiger partial charge is 0.498 e. The van der Waals surface area contributed by atoms with E-state index < -0.39 is 8.80 Å². The van der Waals surface area contributed by atoms with Gasteiger partial charge in [-0.25, -0.2) is 0 Å². The Bertz CT molecular complexity index is 163. The molecule has 0 aromatic rings. The molecular weight excluding hydrogens is 208 g/mol. The lowest BCUT2D eigenvalue weighted by molar-refractivity contribution is 0.101. The van der Waals surface area contributed by atoms with Crippen molar-refractivity contribution in [1.29, 1.82) is 0 Å². The molecule has 0 radical (unpaired) electrons. The Balaban J connectivity index is 2.40. The van der Waals surface area contributed by atoms with Crippen molar-refractivity contribution < 1.29 is 13.6 Å². The average molecular weight is 232 g/mol. The van der Waals surface area contributed by atoms with E-state index in [0.29, 0.717) is 19.1 Å². The molecule has 0 atom stereocenters. The van der Waals surface area contributed by atoms with Crippen LogP contribution in [0, 0.1) is 5.92 Å². The molecule has 0 aromatic carbocycles. The Kier molecular flexibility index (Phi) is 5.82. The molecule has 0 bridgehead atoms. The molecule has 1 aliphatic rings. The molecule has 4 heteroatoms. The molecule has 1 rings (SSSR count). The van der Waals surface area contributed by atoms with Crippen LogP contribution in [0.3, 0.4) is 0 Å². The van der Waals surface area contributed by atoms with Crippen LogP contribution in [-0.2, 0) is 8.85 Å². The third-order valence-electron chi connectivity index (χ3n) is 3.01. The predicted molar refractivity (Wildman–Crippen MR) is 62.6 cm³/mol. The van der Waals surface area contributed by atoms with E-state index in [-0.39, 0.29) is 0 Å². The molecule has 0 aromatic heterocycles. The van der Waals surface area contributed by atoms with E-state index in [9.17, 15) is 4.80 Å². The van der Waals surface area contributed by atoms with Crippen LogP contribution in [0.2, 0.25) is 6.04 Å². The van der Waals surface area contributed by atoms with Gasteiger partial charge < -0.3 is 13.6 Å². The van der Waals surface area contributed by atoms with E-state index in [0.717, 1.165) is 6.04 Å². The number of hydrogen-bond donors (Lipinski definition) is 1. The minimum atomic E-state index is -2.84. The molecule has 1 saturated carbocycles. The maximum absolute atomic E-state index is 10.3. The Morgan fingerprint density at radius 3 is 2.07 bits per heavy atom. The van der Waals surface area contributed by atoms with Gasteiger partial charge in [0.1, 0.15) is 0 Å². The van der Waals surface area contributed by atoms with Gasteiger partial charge in [-0.05, 0) is 19.8 Å². The second-order valence-electron chi connectivity index (χ2n) is 4.29. The minimum absolute atomic E-state index is 0.551. The zero-order chi connectivity index (χ0) is 11.1. The first kappa shape index (κ1) is 13.2. The zero-order valence-corrected chi connectivity index (χ0v) is 11.0. The van der Waals surface area contributed by atoms with E-state index in [1.165, 1.54) is 32.1 Å². The fraction of sp³-hybridized carbons (Fsp3) is 1.00. The van der Waals surface area contributed by atoms with Crippen LogP contribution < -0.4 is 0 Å². The van der Waals surface area contributed by atoms with Crippen molar-refractivity contribution in [2.75, 3.05) is 13.2 Å². The molecule has 0 aliphatic heterocycles. The first-order chi connectivity index (χ1) is 7.20. The fourth-order valence-corrected chi connectivity index (χ4v) is 4.73. The lowest BCUT2D eigenvalue weighted by atomic mass is 9.91. The van der Waals surface area contributed by atoms with Gasteiger partial charge in [0.2, 0.25) is 0 Å². The van der Waals surface area contributed by atoms with Gasteiger partial charge in [-0.2, -0.15) is 0 Å². The zero-order valence-electron chi connectivity index (χ0n) is 10.00. The van der Waals surface area contributed by atoms with E-state index in [1.807, 2.05) is 13.8 Å². The summed E-state index contributed by atoms with van der Waals surface area (Å²) in [5.41, 5.74) is 0. The standard InChI is InChI=1S/C11H24O3Si/c1-3-13-15(12,14-4-2)10-11-8-6-5-7-9-11/h11-12H,3-10H2,1-2H3. The van der Waals surface area contributed by atoms with Gasteiger partial charge in [-0.1, -0.05) is 32.1 Å². The molecule has 0 heterocycles. The van der Waals surface area contributed by atoms with Gasteiger partial charge in [0.05, 0.1) is 0 Å². The quantitative estimate of drug-likeness (QED) is 0.715. The fourth-order valence-electron chi connectivity index (χ4n) is 2.37. The highest BCUT2D eigenvalue weighted by molar-refractivity contribution is 6.59. The van der Waals surface area contributed by atoms with Crippen molar-refractivity contribution in [3.8, 4) is 0 Å². The molecular formula is C11H24O3Si. The Morgan fingerprint density at radius 1 is 1.07 bits per heavy atom. The van der Waals surface area contributed by atoms with E-state index in [2.05, 4.69) is 0 Å². The summed E-state index contributed by atoms with van der Waals surface area (Å²) in [6.07, 6.45) is 6.41. The maximum atomic E-state index is 10.3. The molecule has 0 unspecified atom stereocenters. The molecule has 3 nitrogen and oxygen atoms in total. The number of rotatable bonds is 6. The molecule has 0 amide bonds. The molecule has 1 fully saturated rings. The lowest BCUT2D eigenvalue weighted by Gasteiger charge is -2.29. The Labute approximate surface area is 94.2 Å².